The topological polar surface area (TPSA) is 46.2 Å². The van der Waals surface area contributed by atoms with Gasteiger partial charge in [-0.05, 0) is 24.1 Å². The molecule has 0 aliphatic rings. The van der Waals surface area contributed by atoms with E-state index in [1.165, 1.54) is 13.0 Å². The van der Waals surface area contributed by atoms with Crippen LogP contribution in [0.15, 0.2) is 18.2 Å². The van der Waals surface area contributed by atoms with Gasteiger partial charge in [-0.2, -0.15) is 13.2 Å². The van der Waals surface area contributed by atoms with E-state index in [9.17, 15) is 13.2 Å². The first kappa shape index (κ1) is 13.0. The molecular formula is C11H14F3NO. The first-order valence-electron chi connectivity index (χ1n) is 4.88. The van der Waals surface area contributed by atoms with Crippen LogP contribution in [0.5, 0.6) is 0 Å². The first-order chi connectivity index (χ1) is 7.40. The van der Waals surface area contributed by atoms with Gasteiger partial charge in [-0.25, -0.2) is 0 Å². The Morgan fingerprint density at radius 2 is 2.00 bits per heavy atom. The van der Waals surface area contributed by atoms with Crippen LogP contribution in [0.25, 0.3) is 0 Å². The summed E-state index contributed by atoms with van der Waals surface area (Å²) in [5.41, 5.74) is 5.29. The second kappa shape index (κ2) is 4.84. The number of benzene rings is 1. The number of alkyl halides is 3. The summed E-state index contributed by atoms with van der Waals surface area (Å²) in [7, 11) is 0. The molecule has 0 aliphatic carbocycles. The lowest BCUT2D eigenvalue weighted by atomic mass is 9.95. The lowest BCUT2D eigenvalue weighted by molar-refractivity contribution is -0.138. The van der Waals surface area contributed by atoms with Crippen LogP contribution in [0.1, 0.15) is 22.6 Å². The van der Waals surface area contributed by atoms with Gasteiger partial charge < -0.3 is 10.8 Å². The van der Waals surface area contributed by atoms with Crippen LogP contribution in [0.2, 0.25) is 0 Å². The van der Waals surface area contributed by atoms with Gasteiger partial charge in [0.2, 0.25) is 0 Å². The van der Waals surface area contributed by atoms with Gasteiger partial charge in [-0.3, -0.25) is 0 Å². The molecule has 1 aromatic carbocycles. The van der Waals surface area contributed by atoms with Crippen molar-refractivity contribution in [3.05, 3.63) is 34.9 Å². The lowest BCUT2D eigenvalue weighted by Crippen LogP contribution is -2.17. The van der Waals surface area contributed by atoms with Crippen LogP contribution in [0.3, 0.4) is 0 Å². The number of aliphatic hydroxyl groups is 1. The van der Waals surface area contributed by atoms with Crippen molar-refractivity contribution in [2.75, 3.05) is 13.2 Å². The molecule has 16 heavy (non-hydrogen) atoms. The van der Waals surface area contributed by atoms with E-state index < -0.39 is 17.7 Å². The summed E-state index contributed by atoms with van der Waals surface area (Å²) in [4.78, 5) is 0. The summed E-state index contributed by atoms with van der Waals surface area (Å²) >= 11 is 0. The van der Waals surface area contributed by atoms with Crippen LogP contribution in [0, 0.1) is 6.92 Å². The average molecular weight is 233 g/mol. The highest BCUT2D eigenvalue weighted by atomic mass is 19.4. The van der Waals surface area contributed by atoms with E-state index in [0.717, 1.165) is 6.07 Å². The molecule has 2 nitrogen and oxygen atoms in total. The minimum atomic E-state index is -4.37. The van der Waals surface area contributed by atoms with Gasteiger partial charge >= 0.3 is 6.18 Å². The van der Waals surface area contributed by atoms with Gasteiger partial charge in [0.15, 0.2) is 0 Å². The number of rotatable bonds is 3. The first-order valence-corrected chi connectivity index (χ1v) is 4.88. The van der Waals surface area contributed by atoms with Gasteiger partial charge in [0.1, 0.15) is 0 Å². The Kier molecular flexibility index (Phi) is 3.93. The van der Waals surface area contributed by atoms with Crippen molar-refractivity contribution in [3.8, 4) is 0 Å². The Balaban J connectivity index is 3.17. The average Bonchev–Trinajstić information content (AvgIpc) is 2.20. The fourth-order valence-electron chi connectivity index (χ4n) is 1.51. The summed E-state index contributed by atoms with van der Waals surface area (Å²) in [5, 5.41) is 8.98. The third kappa shape index (κ3) is 2.74. The summed E-state index contributed by atoms with van der Waals surface area (Å²) in [6.45, 7) is 1.27. The standard InChI is InChI=1S/C11H14F3NO/c1-7-2-3-8(9(5-15)6-16)4-10(7)11(12,13)14/h2-4,9,16H,5-6,15H2,1H3. The van der Waals surface area contributed by atoms with Crippen LogP contribution < -0.4 is 5.73 Å². The molecular weight excluding hydrogens is 219 g/mol. The Hall–Kier alpha value is -1.07. The number of nitrogens with two attached hydrogens (primary N) is 1. The van der Waals surface area contributed by atoms with Gasteiger partial charge in [-0.1, -0.05) is 12.1 Å². The van der Waals surface area contributed by atoms with Crippen molar-refractivity contribution >= 4 is 0 Å². The Bertz CT molecular complexity index is 359. The van der Waals surface area contributed by atoms with Crippen LogP contribution in [-0.2, 0) is 6.18 Å². The van der Waals surface area contributed by atoms with Gasteiger partial charge in [0, 0.05) is 12.5 Å². The largest absolute Gasteiger partial charge is 0.416 e. The normalized spacial score (nSPS) is 13.9. The van der Waals surface area contributed by atoms with Crippen molar-refractivity contribution in [2.45, 2.75) is 19.0 Å². The molecule has 0 spiro atoms. The molecule has 90 valence electrons. The lowest BCUT2D eigenvalue weighted by Gasteiger charge is -2.16. The monoisotopic (exact) mass is 233 g/mol. The molecule has 0 aliphatic heterocycles. The van der Waals surface area contributed by atoms with E-state index in [1.807, 2.05) is 0 Å². The predicted molar refractivity (Wildman–Crippen MR) is 55.1 cm³/mol. The molecule has 1 atom stereocenters. The minimum absolute atomic E-state index is 0.122. The molecule has 5 heteroatoms. The maximum Gasteiger partial charge on any atom is 0.416 e. The minimum Gasteiger partial charge on any atom is -0.396 e. The highest BCUT2D eigenvalue weighted by Gasteiger charge is 2.32. The fraction of sp³-hybridized carbons (Fsp3) is 0.455. The second-order valence-corrected chi connectivity index (χ2v) is 3.69. The molecule has 0 aromatic heterocycles. The smallest absolute Gasteiger partial charge is 0.396 e. The number of hydrogen-bond donors (Lipinski definition) is 2. The maximum atomic E-state index is 12.6. The zero-order chi connectivity index (χ0) is 12.3. The number of halogens is 3. The van der Waals surface area contributed by atoms with Crippen LogP contribution in [-0.4, -0.2) is 18.3 Å². The summed E-state index contributed by atoms with van der Waals surface area (Å²) in [6.07, 6.45) is -4.37. The molecule has 3 N–H and O–H groups in total. The molecule has 1 aromatic rings. The van der Waals surface area contributed by atoms with Gasteiger partial charge in [-0.15, -0.1) is 0 Å². The Morgan fingerprint density at radius 1 is 1.38 bits per heavy atom. The van der Waals surface area contributed by atoms with E-state index in [2.05, 4.69) is 0 Å². The highest BCUT2D eigenvalue weighted by molar-refractivity contribution is 5.35. The summed E-state index contributed by atoms with van der Waals surface area (Å²) < 4.78 is 37.8. The quantitative estimate of drug-likeness (QED) is 0.839. The Morgan fingerprint density at radius 3 is 2.44 bits per heavy atom. The predicted octanol–water partition coefficient (Wildman–Crippen LogP) is 2.05. The number of aryl methyl sites for hydroxylation is 1. The van der Waals surface area contributed by atoms with Crippen molar-refractivity contribution in [1.29, 1.82) is 0 Å². The van der Waals surface area contributed by atoms with Gasteiger partial charge in [0.05, 0.1) is 12.2 Å². The maximum absolute atomic E-state index is 12.6. The molecule has 0 heterocycles. The highest BCUT2D eigenvalue weighted by Crippen LogP contribution is 2.33. The third-order valence-corrected chi connectivity index (χ3v) is 2.54. The van der Waals surface area contributed by atoms with Crippen molar-refractivity contribution < 1.29 is 18.3 Å². The van der Waals surface area contributed by atoms with E-state index in [-0.39, 0.29) is 18.7 Å². The number of hydrogen-bond acceptors (Lipinski definition) is 2. The van der Waals surface area contributed by atoms with Crippen LogP contribution >= 0.6 is 0 Å². The van der Waals surface area contributed by atoms with Crippen molar-refractivity contribution in [1.82, 2.24) is 0 Å². The molecule has 0 amide bonds. The van der Waals surface area contributed by atoms with Gasteiger partial charge in [0.25, 0.3) is 0 Å². The molecule has 0 saturated heterocycles. The SMILES string of the molecule is Cc1ccc(C(CN)CO)cc1C(F)(F)F. The molecule has 1 rings (SSSR count). The summed E-state index contributed by atoms with van der Waals surface area (Å²) in [5.74, 6) is -0.443. The summed E-state index contributed by atoms with van der Waals surface area (Å²) in [6, 6.07) is 4.03. The zero-order valence-corrected chi connectivity index (χ0v) is 8.88. The van der Waals surface area contributed by atoms with E-state index >= 15 is 0 Å². The molecule has 1 unspecified atom stereocenters. The van der Waals surface area contributed by atoms with Crippen molar-refractivity contribution in [2.24, 2.45) is 5.73 Å². The Labute approximate surface area is 91.9 Å². The van der Waals surface area contributed by atoms with E-state index in [4.69, 9.17) is 10.8 Å². The molecule has 0 bridgehead atoms. The molecule has 0 fully saturated rings. The van der Waals surface area contributed by atoms with Crippen LogP contribution in [0.4, 0.5) is 13.2 Å². The van der Waals surface area contributed by atoms with Crippen molar-refractivity contribution in [3.63, 3.8) is 0 Å². The third-order valence-electron chi connectivity index (χ3n) is 2.54. The zero-order valence-electron chi connectivity index (χ0n) is 8.88. The number of aliphatic hydroxyl groups excluding tert-OH is 1. The molecule has 0 radical (unpaired) electrons. The van der Waals surface area contributed by atoms with E-state index in [0.29, 0.717) is 5.56 Å². The fourth-order valence-corrected chi connectivity index (χ4v) is 1.51. The molecule has 0 saturated carbocycles. The van der Waals surface area contributed by atoms with E-state index in [1.54, 1.807) is 6.07 Å². The second-order valence-electron chi connectivity index (χ2n) is 3.69.